The van der Waals surface area contributed by atoms with Crippen molar-refractivity contribution in [3.05, 3.63) is 35.4 Å². The second-order valence-corrected chi connectivity index (χ2v) is 7.63. The molecule has 0 bridgehead atoms. The van der Waals surface area contributed by atoms with Crippen LogP contribution in [0.1, 0.15) is 17.5 Å². The molecule has 2 aromatic rings. The molecule has 1 heterocycles. The maximum absolute atomic E-state index is 12.2. The van der Waals surface area contributed by atoms with Crippen molar-refractivity contribution in [3.8, 4) is 0 Å². The van der Waals surface area contributed by atoms with Gasteiger partial charge in [-0.2, -0.15) is 0 Å². The Labute approximate surface area is 121 Å². The first-order chi connectivity index (χ1) is 9.54. The molecular formula is C12H14N4O2S2. The molecule has 0 saturated carbocycles. The predicted octanol–water partition coefficient (Wildman–Crippen LogP) is 0.956. The molecule has 0 amide bonds. The summed E-state index contributed by atoms with van der Waals surface area (Å²) < 4.78 is 26.9. The Morgan fingerprint density at radius 1 is 1.25 bits per heavy atom. The van der Waals surface area contributed by atoms with Crippen LogP contribution in [0.3, 0.4) is 0 Å². The van der Waals surface area contributed by atoms with Gasteiger partial charge in [-0.1, -0.05) is 35.6 Å². The Morgan fingerprint density at radius 3 is 2.70 bits per heavy atom. The van der Waals surface area contributed by atoms with Gasteiger partial charge in [0.1, 0.15) is 0 Å². The fourth-order valence-electron chi connectivity index (χ4n) is 2.40. The van der Waals surface area contributed by atoms with Crippen molar-refractivity contribution in [2.24, 2.45) is 0 Å². The van der Waals surface area contributed by atoms with E-state index in [0.717, 1.165) is 24.2 Å². The molecular weight excluding hydrogens is 296 g/mol. The molecule has 6 nitrogen and oxygen atoms in total. The van der Waals surface area contributed by atoms with Crippen molar-refractivity contribution in [2.75, 3.05) is 5.73 Å². The third-order valence-corrected chi connectivity index (χ3v) is 5.96. The van der Waals surface area contributed by atoms with Gasteiger partial charge in [-0.05, 0) is 30.4 Å². The summed E-state index contributed by atoms with van der Waals surface area (Å²) in [5, 5.41) is 7.28. The number of aryl methyl sites for hydroxylation is 1. The van der Waals surface area contributed by atoms with E-state index in [9.17, 15) is 8.42 Å². The number of nitrogen functional groups attached to an aromatic ring is 1. The predicted molar refractivity (Wildman–Crippen MR) is 76.9 cm³/mol. The van der Waals surface area contributed by atoms with E-state index in [1.165, 1.54) is 11.1 Å². The zero-order chi connectivity index (χ0) is 14.2. The number of rotatable bonds is 3. The number of anilines is 1. The van der Waals surface area contributed by atoms with Gasteiger partial charge in [-0.25, -0.2) is 13.1 Å². The van der Waals surface area contributed by atoms with E-state index in [1.807, 2.05) is 18.2 Å². The molecule has 1 aliphatic carbocycles. The van der Waals surface area contributed by atoms with Crippen molar-refractivity contribution in [3.63, 3.8) is 0 Å². The molecule has 1 unspecified atom stereocenters. The molecule has 20 heavy (non-hydrogen) atoms. The number of hydrogen-bond acceptors (Lipinski definition) is 6. The van der Waals surface area contributed by atoms with E-state index >= 15 is 0 Å². The van der Waals surface area contributed by atoms with E-state index in [-0.39, 0.29) is 15.5 Å². The highest BCUT2D eigenvalue weighted by atomic mass is 32.2. The lowest BCUT2D eigenvalue weighted by Gasteiger charge is -2.24. The van der Waals surface area contributed by atoms with Crippen molar-refractivity contribution >= 4 is 26.5 Å². The molecule has 8 heteroatoms. The van der Waals surface area contributed by atoms with Crippen molar-refractivity contribution in [2.45, 2.75) is 29.6 Å². The maximum atomic E-state index is 12.2. The van der Waals surface area contributed by atoms with Gasteiger partial charge < -0.3 is 5.73 Å². The summed E-state index contributed by atoms with van der Waals surface area (Å²) in [5.41, 5.74) is 7.92. The second-order valence-electron chi connectivity index (χ2n) is 4.74. The van der Waals surface area contributed by atoms with Gasteiger partial charge in [0.25, 0.3) is 10.0 Å². The number of nitrogens with zero attached hydrogens (tertiary/aromatic N) is 2. The highest BCUT2D eigenvalue weighted by Gasteiger charge is 2.26. The monoisotopic (exact) mass is 310 g/mol. The Kier molecular flexibility index (Phi) is 3.45. The van der Waals surface area contributed by atoms with E-state index in [0.29, 0.717) is 6.42 Å². The van der Waals surface area contributed by atoms with Gasteiger partial charge in [0, 0.05) is 6.04 Å². The van der Waals surface area contributed by atoms with Crippen molar-refractivity contribution < 1.29 is 8.42 Å². The standard InChI is InChI=1S/C12H14N4O2S2/c13-11-14-15-12(19-11)20(17,18)16-10-6-5-8-3-1-2-4-9(8)7-10/h1-4,10,16H,5-7H2,(H2,13,14). The molecule has 3 rings (SSSR count). The SMILES string of the molecule is Nc1nnc(S(=O)(=O)NC2CCc3ccccc3C2)s1. The molecule has 1 atom stereocenters. The van der Waals surface area contributed by atoms with Crippen LogP contribution >= 0.6 is 11.3 Å². The van der Waals surface area contributed by atoms with Crippen molar-refractivity contribution in [1.29, 1.82) is 0 Å². The zero-order valence-corrected chi connectivity index (χ0v) is 12.2. The fourth-order valence-corrected chi connectivity index (χ4v) is 4.47. The van der Waals surface area contributed by atoms with Gasteiger partial charge in [-0.15, -0.1) is 10.2 Å². The number of hydrogen-bond donors (Lipinski definition) is 2. The minimum Gasteiger partial charge on any atom is -0.374 e. The van der Waals surface area contributed by atoms with Gasteiger partial charge in [0.05, 0.1) is 0 Å². The van der Waals surface area contributed by atoms with Crippen LogP contribution in [0.2, 0.25) is 0 Å². The summed E-state index contributed by atoms with van der Waals surface area (Å²) in [5.74, 6) is 0. The summed E-state index contributed by atoms with van der Waals surface area (Å²) >= 11 is 0.874. The number of sulfonamides is 1. The second kappa shape index (κ2) is 5.12. The van der Waals surface area contributed by atoms with Gasteiger partial charge >= 0.3 is 0 Å². The van der Waals surface area contributed by atoms with E-state index < -0.39 is 10.0 Å². The molecule has 1 aromatic carbocycles. The molecule has 1 aliphatic rings. The first kappa shape index (κ1) is 13.5. The zero-order valence-electron chi connectivity index (χ0n) is 10.6. The summed E-state index contributed by atoms with van der Waals surface area (Å²) in [6, 6.07) is 8.00. The van der Waals surface area contributed by atoms with E-state index in [1.54, 1.807) is 0 Å². The Hall–Kier alpha value is -1.51. The third kappa shape index (κ3) is 2.67. The minimum absolute atomic E-state index is 0.0751. The quantitative estimate of drug-likeness (QED) is 0.880. The maximum Gasteiger partial charge on any atom is 0.270 e. The number of nitrogens with two attached hydrogens (primary N) is 1. The number of fused-ring (bicyclic) bond motifs is 1. The lowest BCUT2D eigenvalue weighted by Crippen LogP contribution is -2.38. The molecule has 0 radical (unpaired) electrons. The van der Waals surface area contributed by atoms with Gasteiger partial charge in [0.15, 0.2) is 0 Å². The lowest BCUT2D eigenvalue weighted by molar-refractivity contribution is 0.507. The van der Waals surface area contributed by atoms with E-state index in [2.05, 4.69) is 21.0 Å². The third-order valence-electron chi connectivity index (χ3n) is 3.32. The smallest absolute Gasteiger partial charge is 0.270 e. The Morgan fingerprint density at radius 2 is 2.00 bits per heavy atom. The molecule has 0 saturated heterocycles. The first-order valence-electron chi connectivity index (χ1n) is 6.23. The lowest BCUT2D eigenvalue weighted by atomic mass is 9.89. The van der Waals surface area contributed by atoms with Crippen LogP contribution in [-0.2, 0) is 22.9 Å². The molecule has 0 fully saturated rings. The fraction of sp³-hybridized carbons (Fsp3) is 0.333. The highest BCUT2D eigenvalue weighted by molar-refractivity contribution is 7.91. The van der Waals surface area contributed by atoms with Crippen molar-refractivity contribution in [1.82, 2.24) is 14.9 Å². The minimum atomic E-state index is -3.63. The molecule has 1 aromatic heterocycles. The highest BCUT2D eigenvalue weighted by Crippen LogP contribution is 2.23. The average molecular weight is 310 g/mol. The van der Waals surface area contributed by atoms with Crippen LogP contribution in [0.4, 0.5) is 5.13 Å². The summed E-state index contributed by atoms with van der Waals surface area (Å²) in [6.45, 7) is 0. The van der Waals surface area contributed by atoms with Gasteiger partial charge in [0.2, 0.25) is 9.47 Å². The molecule has 0 aliphatic heterocycles. The number of nitrogens with one attached hydrogen (secondary N) is 1. The van der Waals surface area contributed by atoms with Crippen LogP contribution in [0.15, 0.2) is 28.6 Å². The largest absolute Gasteiger partial charge is 0.374 e. The van der Waals surface area contributed by atoms with Gasteiger partial charge in [-0.3, -0.25) is 0 Å². The van der Waals surface area contributed by atoms with E-state index in [4.69, 9.17) is 5.73 Å². The Bertz CT molecular complexity index is 727. The number of benzene rings is 1. The number of aromatic nitrogens is 2. The van der Waals surface area contributed by atoms with Crippen LogP contribution < -0.4 is 10.5 Å². The molecule has 106 valence electrons. The summed E-state index contributed by atoms with van der Waals surface area (Å²) in [6.07, 6.45) is 2.36. The topological polar surface area (TPSA) is 98.0 Å². The first-order valence-corrected chi connectivity index (χ1v) is 8.53. The average Bonchev–Trinajstić information content (AvgIpc) is 2.86. The summed E-state index contributed by atoms with van der Waals surface area (Å²) in [7, 11) is -3.63. The van der Waals surface area contributed by atoms with Crippen LogP contribution in [-0.4, -0.2) is 24.7 Å². The normalized spacial score (nSPS) is 18.7. The molecule has 0 spiro atoms. The van der Waals surface area contributed by atoms with Crippen LogP contribution in [0, 0.1) is 0 Å². The van der Waals surface area contributed by atoms with Crippen LogP contribution in [0.5, 0.6) is 0 Å². The Balaban J connectivity index is 1.77. The molecule has 3 N–H and O–H groups in total. The summed E-state index contributed by atoms with van der Waals surface area (Å²) in [4.78, 5) is 0. The van der Waals surface area contributed by atoms with Crippen LogP contribution in [0.25, 0.3) is 0 Å².